The van der Waals surface area contributed by atoms with Gasteiger partial charge in [0.2, 0.25) is 0 Å². The van der Waals surface area contributed by atoms with Gasteiger partial charge in [-0.05, 0) is 18.1 Å². The van der Waals surface area contributed by atoms with E-state index in [2.05, 4.69) is 31.7 Å². The highest BCUT2D eigenvalue weighted by molar-refractivity contribution is 5.74. The molecule has 0 heterocycles. The average Bonchev–Trinajstić information content (AvgIpc) is 2.49. The Bertz CT molecular complexity index is 401. The van der Waals surface area contributed by atoms with Crippen LogP contribution in [0.15, 0.2) is 42.5 Å². The number of benzene rings is 1. The lowest BCUT2D eigenvalue weighted by atomic mass is 9.97. The molecule has 14 heavy (non-hydrogen) atoms. The van der Waals surface area contributed by atoms with E-state index in [4.69, 9.17) is 4.74 Å². The molecule has 1 aromatic carbocycles. The smallest absolute Gasteiger partial charge is 0.126 e. The number of rotatable bonds is 2. The van der Waals surface area contributed by atoms with Crippen LogP contribution in [0.1, 0.15) is 24.0 Å². The van der Waals surface area contributed by atoms with Crippen molar-refractivity contribution in [3.05, 3.63) is 53.6 Å². The predicted molar refractivity (Wildman–Crippen MR) is 59.0 cm³/mol. The highest BCUT2D eigenvalue weighted by atomic mass is 16.5. The zero-order chi connectivity index (χ0) is 10.1. The highest BCUT2D eigenvalue weighted by Crippen LogP contribution is 2.42. The van der Waals surface area contributed by atoms with E-state index < -0.39 is 0 Å². The average molecular weight is 186 g/mol. The molecule has 1 nitrogen and oxygen atoms in total. The van der Waals surface area contributed by atoms with Gasteiger partial charge in [0.25, 0.3) is 0 Å². The molecule has 0 fully saturated rings. The van der Waals surface area contributed by atoms with Crippen LogP contribution in [0.2, 0.25) is 0 Å². The van der Waals surface area contributed by atoms with Gasteiger partial charge in [-0.15, -0.1) is 6.58 Å². The Hall–Kier alpha value is -1.50. The standard InChI is InChI=1S/C13H14O/c1-4-10-9(2)13(14-3)12-8-6-5-7-11(10)12/h4-8,10H,1H2,2-3H3/t10-/m0/s1. The van der Waals surface area contributed by atoms with E-state index in [1.165, 1.54) is 16.7 Å². The van der Waals surface area contributed by atoms with Gasteiger partial charge in [-0.2, -0.15) is 0 Å². The van der Waals surface area contributed by atoms with Crippen LogP contribution in [0, 0.1) is 0 Å². The Morgan fingerprint density at radius 3 is 2.71 bits per heavy atom. The third-order valence-corrected chi connectivity index (χ3v) is 2.80. The second-order valence-corrected chi connectivity index (χ2v) is 3.52. The molecule has 0 saturated heterocycles. The van der Waals surface area contributed by atoms with E-state index in [9.17, 15) is 0 Å². The molecule has 1 aliphatic rings. The van der Waals surface area contributed by atoms with Gasteiger partial charge in [0.05, 0.1) is 7.11 Å². The van der Waals surface area contributed by atoms with Gasteiger partial charge in [0.1, 0.15) is 5.76 Å². The van der Waals surface area contributed by atoms with Crippen molar-refractivity contribution in [2.75, 3.05) is 7.11 Å². The minimum atomic E-state index is 0.321. The fourth-order valence-electron chi connectivity index (χ4n) is 2.14. The summed E-state index contributed by atoms with van der Waals surface area (Å²) in [4.78, 5) is 0. The van der Waals surface area contributed by atoms with E-state index in [0.29, 0.717) is 5.92 Å². The maximum atomic E-state index is 5.41. The Morgan fingerprint density at radius 1 is 1.36 bits per heavy atom. The number of methoxy groups -OCH3 is 1. The van der Waals surface area contributed by atoms with E-state index in [1.807, 2.05) is 12.1 Å². The Morgan fingerprint density at radius 2 is 2.07 bits per heavy atom. The van der Waals surface area contributed by atoms with Crippen LogP contribution in [0.5, 0.6) is 0 Å². The fourth-order valence-corrected chi connectivity index (χ4v) is 2.14. The molecule has 1 atom stereocenters. The summed E-state index contributed by atoms with van der Waals surface area (Å²) in [6.45, 7) is 5.97. The summed E-state index contributed by atoms with van der Waals surface area (Å²) in [6, 6.07) is 8.33. The van der Waals surface area contributed by atoms with E-state index in [0.717, 1.165) is 5.76 Å². The summed E-state index contributed by atoms with van der Waals surface area (Å²) in [5.41, 5.74) is 3.76. The first-order valence-electron chi connectivity index (χ1n) is 4.76. The first kappa shape index (κ1) is 9.07. The first-order valence-corrected chi connectivity index (χ1v) is 4.76. The monoisotopic (exact) mass is 186 g/mol. The summed E-state index contributed by atoms with van der Waals surface area (Å²) in [6.07, 6.45) is 1.97. The van der Waals surface area contributed by atoms with Crippen molar-refractivity contribution < 1.29 is 4.74 Å². The molecular weight excluding hydrogens is 172 g/mol. The molecule has 0 aliphatic heterocycles. The second-order valence-electron chi connectivity index (χ2n) is 3.52. The summed E-state index contributed by atoms with van der Waals surface area (Å²) in [5.74, 6) is 1.33. The number of hydrogen-bond acceptors (Lipinski definition) is 1. The van der Waals surface area contributed by atoms with Crippen LogP contribution in [-0.4, -0.2) is 7.11 Å². The zero-order valence-electron chi connectivity index (χ0n) is 8.58. The maximum absolute atomic E-state index is 5.41. The molecule has 0 saturated carbocycles. The van der Waals surface area contributed by atoms with E-state index in [-0.39, 0.29) is 0 Å². The first-order chi connectivity index (χ1) is 6.79. The normalized spacial score (nSPS) is 19.4. The van der Waals surface area contributed by atoms with Crippen LogP contribution in [0.25, 0.3) is 5.76 Å². The molecule has 0 unspecified atom stereocenters. The maximum Gasteiger partial charge on any atom is 0.126 e. The molecule has 0 amide bonds. The Kier molecular flexibility index (Phi) is 2.16. The van der Waals surface area contributed by atoms with Gasteiger partial charge in [-0.1, -0.05) is 30.3 Å². The second kappa shape index (κ2) is 3.33. The minimum Gasteiger partial charge on any atom is -0.496 e. The number of allylic oxidation sites excluding steroid dienone is 2. The lowest BCUT2D eigenvalue weighted by Gasteiger charge is -2.06. The van der Waals surface area contributed by atoms with Gasteiger partial charge in [0, 0.05) is 11.5 Å². The summed E-state index contributed by atoms with van der Waals surface area (Å²) >= 11 is 0. The molecule has 0 bridgehead atoms. The van der Waals surface area contributed by atoms with Crippen molar-refractivity contribution in [1.29, 1.82) is 0 Å². The van der Waals surface area contributed by atoms with Crippen LogP contribution in [0.4, 0.5) is 0 Å². The van der Waals surface area contributed by atoms with E-state index in [1.54, 1.807) is 7.11 Å². The zero-order valence-corrected chi connectivity index (χ0v) is 8.58. The topological polar surface area (TPSA) is 9.23 Å². The van der Waals surface area contributed by atoms with Gasteiger partial charge >= 0.3 is 0 Å². The van der Waals surface area contributed by atoms with Crippen LogP contribution < -0.4 is 0 Å². The lowest BCUT2D eigenvalue weighted by Crippen LogP contribution is -1.90. The summed E-state index contributed by atoms with van der Waals surface area (Å²) in [5, 5.41) is 0. The molecule has 1 heteroatoms. The largest absolute Gasteiger partial charge is 0.496 e. The van der Waals surface area contributed by atoms with Crippen LogP contribution in [-0.2, 0) is 4.74 Å². The van der Waals surface area contributed by atoms with Crippen LogP contribution >= 0.6 is 0 Å². The van der Waals surface area contributed by atoms with Crippen molar-refractivity contribution >= 4 is 5.76 Å². The third kappa shape index (κ3) is 1.09. The molecule has 0 N–H and O–H groups in total. The quantitative estimate of drug-likeness (QED) is 0.643. The van der Waals surface area contributed by atoms with Crippen LogP contribution in [0.3, 0.4) is 0 Å². The molecule has 1 aromatic rings. The fraction of sp³-hybridized carbons (Fsp3) is 0.231. The summed E-state index contributed by atoms with van der Waals surface area (Å²) < 4.78 is 5.41. The molecule has 1 aliphatic carbocycles. The highest BCUT2D eigenvalue weighted by Gasteiger charge is 2.26. The lowest BCUT2D eigenvalue weighted by molar-refractivity contribution is 0.368. The number of ether oxygens (including phenoxy) is 1. The molecular formula is C13H14O. The van der Waals surface area contributed by atoms with Gasteiger partial charge in [-0.3, -0.25) is 0 Å². The molecule has 2 rings (SSSR count). The van der Waals surface area contributed by atoms with Crippen molar-refractivity contribution in [3.63, 3.8) is 0 Å². The minimum absolute atomic E-state index is 0.321. The van der Waals surface area contributed by atoms with Crippen molar-refractivity contribution in [1.82, 2.24) is 0 Å². The number of fused-ring (bicyclic) bond motifs is 1. The Balaban J connectivity index is 2.62. The molecule has 0 spiro atoms. The van der Waals surface area contributed by atoms with Crippen molar-refractivity contribution in [2.45, 2.75) is 12.8 Å². The van der Waals surface area contributed by atoms with E-state index >= 15 is 0 Å². The SMILES string of the molecule is C=C[C@H]1C(C)=C(OC)c2ccccc21. The molecule has 0 aromatic heterocycles. The predicted octanol–water partition coefficient (Wildman–Crippen LogP) is 3.35. The van der Waals surface area contributed by atoms with Gasteiger partial charge in [-0.25, -0.2) is 0 Å². The van der Waals surface area contributed by atoms with Gasteiger partial charge < -0.3 is 4.74 Å². The Labute approximate surface area is 84.7 Å². The third-order valence-electron chi connectivity index (χ3n) is 2.80. The van der Waals surface area contributed by atoms with Crippen molar-refractivity contribution in [3.8, 4) is 0 Å². The molecule has 0 radical (unpaired) electrons. The summed E-state index contributed by atoms with van der Waals surface area (Å²) in [7, 11) is 1.72. The van der Waals surface area contributed by atoms with Crippen molar-refractivity contribution in [2.24, 2.45) is 0 Å². The number of hydrogen-bond donors (Lipinski definition) is 0. The van der Waals surface area contributed by atoms with Gasteiger partial charge in [0.15, 0.2) is 0 Å². The molecule has 72 valence electrons.